The Morgan fingerprint density at radius 3 is 2.77 bits per heavy atom. The molecule has 31 heavy (non-hydrogen) atoms. The third-order valence-corrected chi connectivity index (χ3v) is 6.28. The van der Waals surface area contributed by atoms with E-state index < -0.39 is 6.10 Å². The van der Waals surface area contributed by atoms with Crippen LogP contribution in [0.3, 0.4) is 0 Å². The molecule has 2 aromatic rings. The van der Waals surface area contributed by atoms with Gasteiger partial charge in [-0.1, -0.05) is 29.8 Å². The van der Waals surface area contributed by atoms with Crippen LogP contribution in [0.2, 0.25) is 5.02 Å². The molecule has 7 heteroatoms. The van der Waals surface area contributed by atoms with Crippen LogP contribution in [-0.4, -0.2) is 60.6 Å². The molecule has 2 fully saturated rings. The average Bonchev–Trinajstić information content (AvgIpc) is 2.75. The normalized spacial score (nSPS) is 21.5. The molecule has 1 amide bonds. The van der Waals surface area contributed by atoms with Crippen LogP contribution < -0.4 is 5.32 Å². The summed E-state index contributed by atoms with van der Waals surface area (Å²) in [6.45, 7) is 4.01. The summed E-state index contributed by atoms with van der Waals surface area (Å²) in [5, 5.41) is 12.6. The topological polar surface area (TPSA) is 68.6 Å². The molecule has 1 N–H and O–H groups in total. The van der Waals surface area contributed by atoms with Crippen LogP contribution in [0.5, 0.6) is 0 Å². The minimum absolute atomic E-state index is 0.135. The molecule has 0 saturated carbocycles. The van der Waals surface area contributed by atoms with Crippen LogP contribution in [0.1, 0.15) is 24.0 Å². The van der Waals surface area contributed by atoms with Crippen LogP contribution in [0, 0.1) is 11.3 Å². The van der Waals surface area contributed by atoms with Gasteiger partial charge >= 0.3 is 0 Å². The van der Waals surface area contributed by atoms with E-state index in [1.54, 1.807) is 12.1 Å². The number of anilines is 1. The third kappa shape index (κ3) is 5.44. The van der Waals surface area contributed by atoms with Crippen molar-refractivity contribution in [2.24, 2.45) is 0 Å². The van der Waals surface area contributed by atoms with E-state index in [2.05, 4.69) is 27.3 Å². The van der Waals surface area contributed by atoms with Crippen molar-refractivity contribution in [3.05, 3.63) is 64.7 Å². The number of rotatable bonds is 4. The highest BCUT2D eigenvalue weighted by atomic mass is 35.5. The van der Waals surface area contributed by atoms with Crippen molar-refractivity contribution in [1.82, 2.24) is 9.80 Å². The number of morpholine rings is 1. The van der Waals surface area contributed by atoms with Gasteiger partial charge in [0.15, 0.2) is 0 Å². The van der Waals surface area contributed by atoms with Gasteiger partial charge in [-0.25, -0.2) is 0 Å². The fourth-order valence-corrected chi connectivity index (χ4v) is 4.72. The molecule has 0 aliphatic carbocycles. The maximum absolute atomic E-state index is 12.9. The van der Waals surface area contributed by atoms with Gasteiger partial charge in [-0.3, -0.25) is 9.69 Å². The Morgan fingerprint density at radius 1 is 1.26 bits per heavy atom. The lowest BCUT2D eigenvalue weighted by atomic mass is 9.88. The number of amides is 1. The van der Waals surface area contributed by atoms with Gasteiger partial charge in [0.2, 0.25) is 0 Å². The first-order valence-corrected chi connectivity index (χ1v) is 11.0. The highest BCUT2D eigenvalue weighted by Gasteiger charge is 2.44. The number of nitrogens with zero attached hydrogens (tertiary/aromatic N) is 3. The van der Waals surface area contributed by atoms with Crippen LogP contribution in [0.15, 0.2) is 48.5 Å². The molecule has 4 rings (SSSR count). The van der Waals surface area contributed by atoms with Crippen molar-refractivity contribution in [3.63, 3.8) is 0 Å². The monoisotopic (exact) mass is 438 g/mol. The first-order valence-electron chi connectivity index (χ1n) is 10.6. The molecule has 162 valence electrons. The number of carbonyl (C=O) groups excluding carboxylic acids is 1. The molecule has 0 aromatic heterocycles. The number of likely N-dealkylation sites (N-methyl/N-ethyl adjacent to an activating group) is 1. The second kappa shape index (κ2) is 9.37. The third-order valence-electron chi connectivity index (χ3n) is 6.04. The predicted molar refractivity (Wildman–Crippen MR) is 121 cm³/mol. The molecular formula is C24H27ClN4O2. The SMILES string of the molecule is CN1C[C@H](C(=O)Nc2cccc(Cl)c2)OC2(CCN(Cc3cccc(C#N)c3)CC2)C1. The number of piperidine rings is 1. The largest absolute Gasteiger partial charge is 0.359 e. The molecule has 0 bridgehead atoms. The summed E-state index contributed by atoms with van der Waals surface area (Å²) >= 11 is 6.03. The predicted octanol–water partition coefficient (Wildman–Crippen LogP) is 3.52. The Labute approximate surface area is 188 Å². The minimum atomic E-state index is -0.517. The summed E-state index contributed by atoms with van der Waals surface area (Å²) < 4.78 is 6.43. The molecule has 1 atom stereocenters. The number of ether oxygens (including phenoxy) is 1. The molecule has 2 aliphatic rings. The summed E-state index contributed by atoms with van der Waals surface area (Å²) in [6.07, 6.45) is 1.23. The zero-order valence-electron chi connectivity index (χ0n) is 17.7. The summed E-state index contributed by atoms with van der Waals surface area (Å²) in [7, 11) is 2.05. The maximum atomic E-state index is 12.9. The van der Waals surface area contributed by atoms with E-state index in [4.69, 9.17) is 21.6 Å². The van der Waals surface area contributed by atoms with E-state index >= 15 is 0 Å². The number of likely N-dealkylation sites (tertiary alicyclic amines) is 1. The number of nitriles is 1. The Hall–Kier alpha value is -2.43. The Balaban J connectivity index is 1.36. The van der Waals surface area contributed by atoms with Crippen molar-refractivity contribution in [2.75, 3.05) is 38.5 Å². The Bertz CT molecular complexity index is 982. The number of hydrogen-bond donors (Lipinski definition) is 1. The van der Waals surface area contributed by atoms with E-state index in [-0.39, 0.29) is 11.5 Å². The van der Waals surface area contributed by atoms with E-state index in [0.717, 1.165) is 44.6 Å². The van der Waals surface area contributed by atoms with E-state index in [0.29, 0.717) is 22.8 Å². The van der Waals surface area contributed by atoms with E-state index in [1.165, 1.54) is 0 Å². The molecule has 2 aromatic carbocycles. The second-order valence-corrected chi connectivity index (χ2v) is 9.01. The summed E-state index contributed by atoms with van der Waals surface area (Å²) in [4.78, 5) is 17.5. The number of hydrogen-bond acceptors (Lipinski definition) is 5. The lowest BCUT2D eigenvalue weighted by Gasteiger charge is -2.48. The van der Waals surface area contributed by atoms with Gasteiger partial charge < -0.3 is 15.0 Å². The van der Waals surface area contributed by atoms with Crippen LogP contribution in [-0.2, 0) is 16.1 Å². The van der Waals surface area contributed by atoms with E-state index in [1.807, 2.05) is 37.4 Å². The van der Waals surface area contributed by atoms with Crippen LogP contribution in [0.4, 0.5) is 5.69 Å². The zero-order valence-corrected chi connectivity index (χ0v) is 18.4. The van der Waals surface area contributed by atoms with Gasteiger partial charge in [-0.15, -0.1) is 0 Å². The quantitative estimate of drug-likeness (QED) is 0.791. The zero-order chi connectivity index (χ0) is 21.8. The Kier molecular flexibility index (Phi) is 6.59. The smallest absolute Gasteiger partial charge is 0.254 e. The summed E-state index contributed by atoms with van der Waals surface area (Å²) in [6, 6.07) is 17.1. The molecule has 2 aliphatic heterocycles. The molecule has 2 heterocycles. The number of nitrogens with one attached hydrogen (secondary N) is 1. The first-order chi connectivity index (χ1) is 14.9. The Morgan fingerprint density at radius 2 is 2.03 bits per heavy atom. The summed E-state index contributed by atoms with van der Waals surface area (Å²) in [5.74, 6) is -0.135. The van der Waals surface area contributed by atoms with Crippen molar-refractivity contribution in [3.8, 4) is 6.07 Å². The number of carbonyl (C=O) groups is 1. The minimum Gasteiger partial charge on any atom is -0.359 e. The van der Waals surface area contributed by atoms with Crippen molar-refractivity contribution < 1.29 is 9.53 Å². The molecule has 0 radical (unpaired) electrons. The first kappa shape index (κ1) is 21.8. The molecule has 6 nitrogen and oxygen atoms in total. The lowest BCUT2D eigenvalue weighted by Crippen LogP contribution is -2.60. The highest BCUT2D eigenvalue weighted by Crippen LogP contribution is 2.33. The van der Waals surface area contributed by atoms with Gasteiger partial charge in [0.1, 0.15) is 6.10 Å². The average molecular weight is 439 g/mol. The van der Waals surface area contributed by atoms with Crippen molar-refractivity contribution >= 4 is 23.2 Å². The standard InChI is InChI=1S/C24H27ClN4O2/c1-28-16-22(23(30)27-21-7-3-6-20(25)13-21)31-24(17-28)8-10-29(11-9-24)15-19-5-2-4-18(12-19)14-26/h2-7,12-13,22H,8-11,15-17H2,1H3,(H,27,30)/t22-/m1/s1. The van der Waals surface area contributed by atoms with Crippen LogP contribution >= 0.6 is 11.6 Å². The molecule has 1 spiro atoms. The second-order valence-electron chi connectivity index (χ2n) is 8.57. The summed E-state index contributed by atoms with van der Waals surface area (Å²) in [5.41, 5.74) is 2.21. The van der Waals surface area contributed by atoms with Crippen LogP contribution in [0.25, 0.3) is 0 Å². The molecule has 2 saturated heterocycles. The lowest BCUT2D eigenvalue weighted by molar-refractivity contribution is -0.178. The fourth-order valence-electron chi connectivity index (χ4n) is 4.53. The number of halogens is 1. The van der Waals surface area contributed by atoms with Gasteiger partial charge in [0.05, 0.1) is 17.2 Å². The molecule has 0 unspecified atom stereocenters. The highest BCUT2D eigenvalue weighted by molar-refractivity contribution is 6.30. The van der Waals surface area contributed by atoms with Gasteiger partial charge in [-0.05, 0) is 55.8 Å². The van der Waals surface area contributed by atoms with Gasteiger partial charge in [0, 0.05) is 43.4 Å². The van der Waals surface area contributed by atoms with Gasteiger partial charge in [0.25, 0.3) is 5.91 Å². The van der Waals surface area contributed by atoms with Crippen molar-refractivity contribution in [2.45, 2.75) is 31.1 Å². The molecular weight excluding hydrogens is 412 g/mol. The number of benzene rings is 2. The van der Waals surface area contributed by atoms with Crippen molar-refractivity contribution in [1.29, 1.82) is 5.26 Å². The van der Waals surface area contributed by atoms with Gasteiger partial charge in [-0.2, -0.15) is 5.26 Å². The van der Waals surface area contributed by atoms with E-state index in [9.17, 15) is 4.79 Å². The maximum Gasteiger partial charge on any atom is 0.254 e. The fraction of sp³-hybridized carbons (Fsp3) is 0.417.